The molecule has 3 rings (SSSR count). The van der Waals surface area contributed by atoms with Gasteiger partial charge >= 0.3 is 0 Å². The molecule has 4 heteroatoms. The maximum Gasteiger partial charge on any atom is 0.227 e. The molecule has 122 valence electrons. The summed E-state index contributed by atoms with van der Waals surface area (Å²) in [6.07, 6.45) is 9.09. The molecule has 1 amide bonds. The predicted octanol–water partition coefficient (Wildman–Crippen LogP) is 3.77. The van der Waals surface area contributed by atoms with Gasteiger partial charge in [-0.25, -0.2) is 4.98 Å². The molecule has 0 bridgehead atoms. The van der Waals surface area contributed by atoms with Gasteiger partial charge in [0.25, 0.3) is 0 Å². The topological polar surface area (TPSA) is 38.1 Å². The number of hydrogen-bond donors (Lipinski definition) is 0. The first-order valence-electron chi connectivity index (χ1n) is 8.54. The summed E-state index contributed by atoms with van der Waals surface area (Å²) in [7, 11) is 0. The molecule has 0 atom stereocenters. The highest BCUT2D eigenvalue weighted by Gasteiger charge is 2.22. The minimum Gasteiger partial charge on any atom is -0.337 e. The van der Waals surface area contributed by atoms with Crippen molar-refractivity contribution < 1.29 is 4.79 Å². The van der Waals surface area contributed by atoms with E-state index in [4.69, 9.17) is 0 Å². The van der Waals surface area contributed by atoms with Crippen LogP contribution in [-0.4, -0.2) is 22.0 Å². The van der Waals surface area contributed by atoms with Crippen LogP contribution in [0.5, 0.6) is 0 Å². The van der Waals surface area contributed by atoms with E-state index in [2.05, 4.69) is 37.0 Å². The number of benzene rings is 1. The Balaban J connectivity index is 1.65. The van der Waals surface area contributed by atoms with Gasteiger partial charge in [0.1, 0.15) is 0 Å². The second-order valence-corrected chi connectivity index (χ2v) is 6.60. The van der Waals surface area contributed by atoms with Crippen molar-refractivity contribution in [3.05, 3.63) is 48.0 Å². The van der Waals surface area contributed by atoms with Crippen LogP contribution in [0.15, 0.2) is 36.9 Å². The predicted molar refractivity (Wildman–Crippen MR) is 92.7 cm³/mol. The number of imidazole rings is 1. The van der Waals surface area contributed by atoms with E-state index in [0.717, 1.165) is 38.0 Å². The van der Waals surface area contributed by atoms with Crippen molar-refractivity contribution in [1.82, 2.24) is 9.55 Å². The third-order valence-electron chi connectivity index (χ3n) is 4.56. The average Bonchev–Trinajstić information content (AvgIpc) is 3.07. The number of fused-ring (bicyclic) bond motifs is 1. The first-order valence-corrected chi connectivity index (χ1v) is 8.54. The second-order valence-electron chi connectivity index (χ2n) is 6.60. The van der Waals surface area contributed by atoms with Gasteiger partial charge in [-0.3, -0.25) is 4.79 Å². The third kappa shape index (κ3) is 3.63. The van der Waals surface area contributed by atoms with Crippen LogP contribution in [-0.2, 0) is 17.8 Å². The number of aromatic nitrogens is 2. The van der Waals surface area contributed by atoms with Gasteiger partial charge in [0.05, 0.1) is 6.33 Å². The molecule has 1 aromatic heterocycles. The zero-order valence-corrected chi connectivity index (χ0v) is 14.0. The lowest BCUT2D eigenvalue weighted by Gasteiger charge is -2.30. The minimum absolute atomic E-state index is 0.239. The van der Waals surface area contributed by atoms with E-state index in [9.17, 15) is 4.79 Å². The lowest BCUT2D eigenvalue weighted by Crippen LogP contribution is -2.35. The second kappa shape index (κ2) is 6.99. The number of amides is 1. The molecule has 0 radical (unpaired) electrons. The average molecular weight is 311 g/mol. The van der Waals surface area contributed by atoms with E-state index in [1.165, 1.54) is 11.1 Å². The smallest absolute Gasteiger partial charge is 0.227 e. The van der Waals surface area contributed by atoms with Gasteiger partial charge in [0.2, 0.25) is 5.91 Å². The summed E-state index contributed by atoms with van der Waals surface area (Å²) >= 11 is 0. The van der Waals surface area contributed by atoms with Gasteiger partial charge in [-0.05, 0) is 42.4 Å². The van der Waals surface area contributed by atoms with Crippen molar-refractivity contribution in [2.75, 3.05) is 11.4 Å². The lowest BCUT2D eigenvalue weighted by molar-refractivity contribution is -0.118. The van der Waals surface area contributed by atoms with Crippen molar-refractivity contribution in [2.45, 2.75) is 52.0 Å². The molecule has 0 N–H and O–H groups in total. The number of carbonyl (C=O) groups excluding carboxylic acids is 1. The Bertz CT molecular complexity index is 661. The molecule has 2 aromatic rings. The molecule has 0 fully saturated rings. The third-order valence-corrected chi connectivity index (χ3v) is 4.56. The largest absolute Gasteiger partial charge is 0.337 e. The Morgan fingerprint density at radius 1 is 1.35 bits per heavy atom. The van der Waals surface area contributed by atoms with Gasteiger partial charge in [0, 0.05) is 37.6 Å². The van der Waals surface area contributed by atoms with Crippen molar-refractivity contribution in [3.8, 4) is 0 Å². The first kappa shape index (κ1) is 15.8. The van der Waals surface area contributed by atoms with E-state index in [1.54, 1.807) is 12.5 Å². The fraction of sp³-hybridized carbons (Fsp3) is 0.474. The summed E-state index contributed by atoms with van der Waals surface area (Å²) in [6.45, 7) is 6.11. The Kier molecular flexibility index (Phi) is 4.79. The van der Waals surface area contributed by atoms with Gasteiger partial charge in [-0.2, -0.15) is 0 Å². The van der Waals surface area contributed by atoms with E-state index in [-0.39, 0.29) is 5.91 Å². The number of hydrogen-bond acceptors (Lipinski definition) is 2. The van der Waals surface area contributed by atoms with Crippen LogP contribution in [0.4, 0.5) is 5.69 Å². The van der Waals surface area contributed by atoms with Crippen LogP contribution in [0.1, 0.15) is 50.2 Å². The summed E-state index contributed by atoms with van der Waals surface area (Å²) in [4.78, 5) is 18.6. The maximum absolute atomic E-state index is 12.6. The molecule has 1 aliphatic rings. The zero-order valence-electron chi connectivity index (χ0n) is 14.0. The maximum atomic E-state index is 12.6. The molecule has 23 heavy (non-hydrogen) atoms. The molecule has 0 saturated carbocycles. The van der Waals surface area contributed by atoms with Gasteiger partial charge < -0.3 is 9.47 Å². The summed E-state index contributed by atoms with van der Waals surface area (Å²) in [5, 5.41) is 0. The van der Waals surface area contributed by atoms with Crippen molar-refractivity contribution in [2.24, 2.45) is 0 Å². The Morgan fingerprint density at radius 2 is 2.22 bits per heavy atom. The molecule has 2 heterocycles. The minimum atomic E-state index is 0.239. The number of carbonyl (C=O) groups is 1. The molecular weight excluding hydrogens is 286 g/mol. The normalized spacial score (nSPS) is 14.1. The number of anilines is 1. The fourth-order valence-corrected chi connectivity index (χ4v) is 3.20. The zero-order chi connectivity index (χ0) is 16.2. The molecule has 0 spiro atoms. The van der Waals surface area contributed by atoms with E-state index in [0.29, 0.717) is 12.3 Å². The van der Waals surface area contributed by atoms with Crippen molar-refractivity contribution in [3.63, 3.8) is 0 Å². The van der Waals surface area contributed by atoms with Gasteiger partial charge in [-0.15, -0.1) is 0 Å². The van der Waals surface area contributed by atoms with Crippen LogP contribution in [0.2, 0.25) is 0 Å². The molecule has 0 aliphatic carbocycles. The SMILES string of the molecule is CC(C)c1ccc2c(c1)CCCN2C(=O)CCCn1ccnc1. The van der Waals surface area contributed by atoms with Crippen molar-refractivity contribution in [1.29, 1.82) is 0 Å². The molecule has 4 nitrogen and oxygen atoms in total. The van der Waals surface area contributed by atoms with Crippen molar-refractivity contribution >= 4 is 11.6 Å². The highest BCUT2D eigenvalue weighted by Crippen LogP contribution is 2.30. The fourth-order valence-electron chi connectivity index (χ4n) is 3.20. The summed E-state index contributed by atoms with van der Waals surface area (Å²) in [5.41, 5.74) is 3.80. The standard InChI is InChI=1S/C19H25N3O/c1-15(2)16-7-8-18-17(13-16)5-3-11-22(18)19(23)6-4-10-21-12-9-20-14-21/h7-9,12-15H,3-6,10-11H2,1-2H3. The van der Waals surface area contributed by atoms with Crippen LogP contribution < -0.4 is 4.90 Å². The van der Waals surface area contributed by atoms with Gasteiger partial charge in [-0.1, -0.05) is 26.0 Å². The van der Waals surface area contributed by atoms with Gasteiger partial charge in [0.15, 0.2) is 0 Å². The molecule has 0 unspecified atom stereocenters. The van der Waals surface area contributed by atoms with E-state index >= 15 is 0 Å². The molecule has 1 aromatic carbocycles. The Labute approximate surface area is 138 Å². The summed E-state index contributed by atoms with van der Waals surface area (Å²) < 4.78 is 2.02. The first-order chi connectivity index (χ1) is 11.1. The summed E-state index contributed by atoms with van der Waals surface area (Å²) in [6, 6.07) is 6.59. The van der Waals surface area contributed by atoms with E-state index < -0.39 is 0 Å². The molecule has 0 saturated heterocycles. The van der Waals surface area contributed by atoms with Crippen LogP contribution in [0.25, 0.3) is 0 Å². The van der Waals surface area contributed by atoms with E-state index in [1.807, 2.05) is 15.7 Å². The number of aryl methyl sites for hydroxylation is 2. The summed E-state index contributed by atoms with van der Waals surface area (Å²) in [5.74, 6) is 0.768. The van der Waals surface area contributed by atoms with Crippen LogP contribution in [0, 0.1) is 0 Å². The Hall–Kier alpha value is -2.10. The molecule has 1 aliphatic heterocycles. The Morgan fingerprint density at radius 3 is 2.96 bits per heavy atom. The molecular formula is C19H25N3O. The quantitative estimate of drug-likeness (QED) is 0.843. The highest BCUT2D eigenvalue weighted by molar-refractivity contribution is 5.94. The van der Waals surface area contributed by atoms with Crippen LogP contribution in [0.3, 0.4) is 0 Å². The lowest BCUT2D eigenvalue weighted by atomic mass is 9.94. The number of nitrogens with zero attached hydrogens (tertiary/aromatic N) is 3. The number of rotatable bonds is 5. The monoisotopic (exact) mass is 311 g/mol. The van der Waals surface area contributed by atoms with Crippen LogP contribution >= 0.6 is 0 Å². The highest BCUT2D eigenvalue weighted by atomic mass is 16.2.